The lowest BCUT2D eigenvalue weighted by atomic mass is 10.2. The summed E-state index contributed by atoms with van der Waals surface area (Å²) >= 11 is 0. The van der Waals surface area contributed by atoms with Gasteiger partial charge in [-0.2, -0.15) is 0 Å². The second kappa shape index (κ2) is 7.16. The van der Waals surface area contributed by atoms with E-state index in [1.807, 2.05) is 0 Å². The fourth-order valence-corrected chi connectivity index (χ4v) is 2.92. The Kier molecular flexibility index (Phi) is 5.45. The van der Waals surface area contributed by atoms with Crippen LogP contribution in [0.1, 0.15) is 12.8 Å². The van der Waals surface area contributed by atoms with Crippen LogP contribution in [0.15, 0.2) is 18.2 Å². The molecule has 1 aliphatic heterocycles. The normalized spacial score (nSPS) is 21.0. The highest BCUT2D eigenvalue weighted by molar-refractivity contribution is 7.92. The number of rotatable bonds is 6. The van der Waals surface area contributed by atoms with Gasteiger partial charge in [-0.25, -0.2) is 8.42 Å². The maximum atomic E-state index is 12.2. The summed E-state index contributed by atoms with van der Waals surface area (Å²) in [5, 5.41) is 2.73. The summed E-state index contributed by atoms with van der Waals surface area (Å²) in [5.41, 5.74) is 6.32. The van der Waals surface area contributed by atoms with Gasteiger partial charge in [0.2, 0.25) is 10.0 Å². The molecule has 0 saturated carbocycles. The lowest BCUT2D eigenvalue weighted by Crippen LogP contribution is -2.29. The number of hydrogen-bond donors (Lipinski definition) is 3. The Hall–Kier alpha value is -1.84. The molecule has 1 saturated heterocycles. The molecule has 0 radical (unpaired) electrons. The number of ether oxygens (including phenoxy) is 2. The van der Waals surface area contributed by atoms with E-state index >= 15 is 0 Å². The van der Waals surface area contributed by atoms with Crippen LogP contribution >= 0.6 is 0 Å². The molecule has 1 aliphatic rings. The maximum absolute atomic E-state index is 12.2. The number of methoxy groups -OCH3 is 1. The highest BCUT2D eigenvalue weighted by Crippen LogP contribution is 2.29. The summed E-state index contributed by atoms with van der Waals surface area (Å²) in [4.78, 5) is 12.2. The summed E-state index contributed by atoms with van der Waals surface area (Å²) in [5.74, 6) is 0.0484. The molecule has 1 fully saturated rings. The predicted octanol–water partition coefficient (Wildman–Crippen LogP) is 0.512. The molecule has 1 heterocycles. The van der Waals surface area contributed by atoms with Crippen LogP contribution in [0.5, 0.6) is 5.75 Å². The van der Waals surface area contributed by atoms with Crippen molar-refractivity contribution in [2.45, 2.75) is 25.0 Å². The zero-order valence-electron chi connectivity index (χ0n) is 13.0. The second-order valence-corrected chi connectivity index (χ2v) is 7.09. The van der Waals surface area contributed by atoms with Gasteiger partial charge in [0, 0.05) is 18.3 Å². The minimum Gasteiger partial charge on any atom is -0.494 e. The van der Waals surface area contributed by atoms with Gasteiger partial charge in [0.1, 0.15) is 11.9 Å². The molecule has 0 spiro atoms. The summed E-state index contributed by atoms with van der Waals surface area (Å²) in [6.45, 7) is 0.392. The highest BCUT2D eigenvalue weighted by atomic mass is 32.2. The van der Waals surface area contributed by atoms with E-state index in [4.69, 9.17) is 15.2 Å². The Labute approximate surface area is 135 Å². The number of anilines is 2. The minimum atomic E-state index is -3.42. The molecule has 0 unspecified atom stereocenters. The number of nitrogens with two attached hydrogens (primary N) is 1. The van der Waals surface area contributed by atoms with E-state index in [2.05, 4.69) is 10.0 Å². The molecule has 0 bridgehead atoms. The first-order chi connectivity index (χ1) is 10.8. The molecule has 1 aromatic carbocycles. The first kappa shape index (κ1) is 17.5. The molecule has 0 aromatic heterocycles. The molecule has 4 N–H and O–H groups in total. The number of carbonyl (C=O) groups excluding carboxylic acids is 1. The molecule has 128 valence electrons. The van der Waals surface area contributed by atoms with Gasteiger partial charge in [0.15, 0.2) is 0 Å². The third-order valence-electron chi connectivity index (χ3n) is 3.43. The summed E-state index contributed by atoms with van der Waals surface area (Å²) in [6.07, 6.45) is 1.83. The maximum Gasteiger partial charge on any atom is 0.253 e. The zero-order chi connectivity index (χ0) is 17.0. The molecule has 1 aromatic rings. The SMILES string of the molecule is COc1cc(NC(=O)[C@@H]2CC[C@H](CN)O2)ccc1NS(C)(=O)=O. The Morgan fingerprint density at radius 2 is 2.17 bits per heavy atom. The smallest absolute Gasteiger partial charge is 0.253 e. The van der Waals surface area contributed by atoms with Crippen LogP contribution in [0.2, 0.25) is 0 Å². The van der Waals surface area contributed by atoms with E-state index in [-0.39, 0.29) is 12.0 Å². The molecule has 23 heavy (non-hydrogen) atoms. The van der Waals surface area contributed by atoms with Gasteiger partial charge < -0.3 is 20.5 Å². The largest absolute Gasteiger partial charge is 0.494 e. The lowest BCUT2D eigenvalue weighted by Gasteiger charge is -2.15. The monoisotopic (exact) mass is 343 g/mol. The van der Waals surface area contributed by atoms with E-state index < -0.39 is 16.1 Å². The number of carbonyl (C=O) groups is 1. The number of benzene rings is 1. The molecule has 1 amide bonds. The summed E-state index contributed by atoms with van der Waals surface area (Å²) in [7, 11) is -2.00. The van der Waals surface area contributed by atoms with Crippen LogP contribution < -0.4 is 20.5 Å². The zero-order valence-corrected chi connectivity index (χ0v) is 13.9. The molecule has 9 heteroatoms. The molecule has 0 aliphatic carbocycles. The van der Waals surface area contributed by atoms with Crippen molar-refractivity contribution in [3.8, 4) is 5.75 Å². The topological polar surface area (TPSA) is 120 Å². The minimum absolute atomic E-state index is 0.0818. The van der Waals surface area contributed by atoms with Crippen molar-refractivity contribution >= 4 is 27.3 Å². The van der Waals surface area contributed by atoms with E-state index in [0.29, 0.717) is 30.1 Å². The van der Waals surface area contributed by atoms with Crippen LogP contribution in [0.4, 0.5) is 11.4 Å². The summed E-state index contributed by atoms with van der Waals surface area (Å²) in [6, 6.07) is 4.65. The second-order valence-electron chi connectivity index (χ2n) is 5.34. The standard InChI is InChI=1S/C14H21N3O5S/c1-21-13-7-9(3-5-11(13)17-23(2,19)20)16-14(18)12-6-4-10(8-15)22-12/h3,5,7,10,12,17H,4,6,8,15H2,1-2H3,(H,16,18)/t10-,12+/m1/s1. The van der Waals surface area contributed by atoms with Crippen LogP contribution in [-0.2, 0) is 19.6 Å². The van der Waals surface area contributed by atoms with Gasteiger partial charge in [-0.15, -0.1) is 0 Å². The van der Waals surface area contributed by atoms with E-state index in [0.717, 1.165) is 12.7 Å². The Balaban J connectivity index is 2.07. The highest BCUT2D eigenvalue weighted by Gasteiger charge is 2.29. The Morgan fingerprint density at radius 1 is 1.43 bits per heavy atom. The molecular formula is C14H21N3O5S. The van der Waals surface area contributed by atoms with Crippen molar-refractivity contribution in [2.75, 3.05) is 29.9 Å². The molecule has 8 nitrogen and oxygen atoms in total. The fraction of sp³-hybridized carbons (Fsp3) is 0.500. The third-order valence-corrected chi connectivity index (χ3v) is 4.02. The fourth-order valence-electron chi connectivity index (χ4n) is 2.35. The summed E-state index contributed by atoms with van der Waals surface area (Å²) < 4.78 is 35.6. The lowest BCUT2D eigenvalue weighted by molar-refractivity contribution is -0.126. The predicted molar refractivity (Wildman–Crippen MR) is 87.0 cm³/mol. The quantitative estimate of drug-likeness (QED) is 0.692. The average Bonchev–Trinajstić information content (AvgIpc) is 2.96. The van der Waals surface area contributed by atoms with Gasteiger partial charge in [0.25, 0.3) is 5.91 Å². The molecule has 2 rings (SSSR count). The van der Waals surface area contributed by atoms with Crippen molar-refractivity contribution in [1.82, 2.24) is 0 Å². The van der Waals surface area contributed by atoms with Gasteiger partial charge in [-0.3, -0.25) is 9.52 Å². The van der Waals surface area contributed by atoms with Gasteiger partial charge in [-0.1, -0.05) is 0 Å². The van der Waals surface area contributed by atoms with Gasteiger partial charge in [-0.05, 0) is 25.0 Å². The van der Waals surface area contributed by atoms with Crippen molar-refractivity contribution in [3.05, 3.63) is 18.2 Å². The van der Waals surface area contributed by atoms with Gasteiger partial charge >= 0.3 is 0 Å². The van der Waals surface area contributed by atoms with Crippen LogP contribution in [-0.4, -0.2) is 46.4 Å². The Morgan fingerprint density at radius 3 is 2.74 bits per heavy atom. The molecule has 2 atom stereocenters. The van der Waals surface area contributed by atoms with E-state index in [1.165, 1.54) is 13.2 Å². The van der Waals surface area contributed by atoms with Gasteiger partial charge in [0.05, 0.1) is 25.2 Å². The van der Waals surface area contributed by atoms with Crippen molar-refractivity contribution in [1.29, 1.82) is 0 Å². The van der Waals surface area contributed by atoms with Crippen LogP contribution in [0.25, 0.3) is 0 Å². The number of nitrogens with one attached hydrogen (secondary N) is 2. The van der Waals surface area contributed by atoms with Crippen LogP contribution in [0, 0.1) is 0 Å². The van der Waals surface area contributed by atoms with E-state index in [1.54, 1.807) is 12.1 Å². The van der Waals surface area contributed by atoms with Crippen molar-refractivity contribution < 1.29 is 22.7 Å². The number of hydrogen-bond acceptors (Lipinski definition) is 6. The average molecular weight is 343 g/mol. The molecular weight excluding hydrogens is 322 g/mol. The number of sulfonamides is 1. The Bertz CT molecular complexity index is 677. The van der Waals surface area contributed by atoms with Crippen LogP contribution in [0.3, 0.4) is 0 Å². The van der Waals surface area contributed by atoms with Crippen molar-refractivity contribution in [2.24, 2.45) is 5.73 Å². The first-order valence-corrected chi connectivity index (χ1v) is 9.03. The number of amides is 1. The third kappa shape index (κ3) is 4.81. The first-order valence-electron chi connectivity index (χ1n) is 7.14. The van der Waals surface area contributed by atoms with Crippen molar-refractivity contribution in [3.63, 3.8) is 0 Å². The van der Waals surface area contributed by atoms with E-state index in [9.17, 15) is 13.2 Å².